The van der Waals surface area contributed by atoms with Gasteiger partial charge in [0.2, 0.25) is 0 Å². The van der Waals surface area contributed by atoms with Crippen molar-refractivity contribution < 1.29 is 5.11 Å². The van der Waals surface area contributed by atoms with Crippen molar-refractivity contribution in [2.24, 2.45) is 0 Å². The molecule has 0 unspecified atom stereocenters. The Balaban J connectivity index is 2.02. The van der Waals surface area contributed by atoms with Crippen molar-refractivity contribution >= 4 is 11.6 Å². The van der Waals surface area contributed by atoms with Gasteiger partial charge >= 0.3 is 0 Å². The van der Waals surface area contributed by atoms with Gasteiger partial charge < -0.3 is 10.4 Å². The molecule has 4 heteroatoms. The third-order valence-electron chi connectivity index (χ3n) is 2.96. The smallest absolute Gasteiger partial charge is 0.0599 e. The summed E-state index contributed by atoms with van der Waals surface area (Å²) in [6, 6.07) is 8.12. The number of nitrogens with one attached hydrogen (secondary N) is 1. The Hall–Kier alpha value is -0.610. The molecule has 0 aromatic heterocycles. The van der Waals surface area contributed by atoms with Crippen molar-refractivity contribution in [1.29, 1.82) is 0 Å². The quantitative estimate of drug-likeness (QED) is 0.831. The zero-order chi connectivity index (χ0) is 11.4. The van der Waals surface area contributed by atoms with Gasteiger partial charge in [0.1, 0.15) is 0 Å². The predicted molar refractivity (Wildman–Crippen MR) is 65.6 cm³/mol. The van der Waals surface area contributed by atoms with Crippen LogP contribution in [0.25, 0.3) is 0 Å². The lowest BCUT2D eigenvalue weighted by Gasteiger charge is -2.35. The first-order chi connectivity index (χ1) is 7.79. The summed E-state index contributed by atoms with van der Waals surface area (Å²) in [7, 11) is 0. The molecule has 88 valence electrons. The van der Waals surface area contributed by atoms with Crippen molar-refractivity contribution in [1.82, 2.24) is 10.2 Å². The molecule has 1 atom stereocenters. The average molecular weight is 241 g/mol. The van der Waals surface area contributed by atoms with E-state index in [0.29, 0.717) is 0 Å². The van der Waals surface area contributed by atoms with E-state index in [-0.39, 0.29) is 12.6 Å². The number of hydrogen-bond acceptors (Lipinski definition) is 3. The van der Waals surface area contributed by atoms with E-state index in [9.17, 15) is 5.11 Å². The van der Waals surface area contributed by atoms with Crippen LogP contribution in [0.5, 0.6) is 0 Å². The second-order valence-corrected chi connectivity index (χ2v) is 4.58. The molecule has 1 aliphatic rings. The van der Waals surface area contributed by atoms with Crippen LogP contribution in [0.15, 0.2) is 24.3 Å². The SMILES string of the molecule is OC[C@H]1CNCCN1Cc1cccc(Cl)c1. The summed E-state index contributed by atoms with van der Waals surface area (Å²) >= 11 is 5.95. The molecule has 0 spiro atoms. The van der Waals surface area contributed by atoms with Gasteiger partial charge in [0.05, 0.1) is 6.61 Å². The normalized spacial score (nSPS) is 22.2. The van der Waals surface area contributed by atoms with Gasteiger partial charge in [-0.05, 0) is 17.7 Å². The molecule has 1 saturated heterocycles. The predicted octanol–water partition coefficient (Wildman–Crippen LogP) is 1.11. The lowest BCUT2D eigenvalue weighted by Crippen LogP contribution is -2.52. The Morgan fingerprint density at radius 3 is 3.12 bits per heavy atom. The van der Waals surface area contributed by atoms with E-state index in [4.69, 9.17) is 11.6 Å². The van der Waals surface area contributed by atoms with E-state index in [1.165, 1.54) is 5.56 Å². The van der Waals surface area contributed by atoms with Gasteiger partial charge in [-0.2, -0.15) is 0 Å². The Labute approximate surface area is 101 Å². The topological polar surface area (TPSA) is 35.5 Å². The molecule has 16 heavy (non-hydrogen) atoms. The summed E-state index contributed by atoms with van der Waals surface area (Å²) in [5.41, 5.74) is 1.20. The van der Waals surface area contributed by atoms with Gasteiger partial charge in [0.15, 0.2) is 0 Å². The highest BCUT2D eigenvalue weighted by Crippen LogP contribution is 2.14. The van der Waals surface area contributed by atoms with Gasteiger partial charge in [-0.25, -0.2) is 0 Å². The minimum Gasteiger partial charge on any atom is -0.395 e. The fourth-order valence-corrected chi connectivity index (χ4v) is 2.27. The molecule has 1 aliphatic heterocycles. The summed E-state index contributed by atoms with van der Waals surface area (Å²) in [5.74, 6) is 0. The van der Waals surface area contributed by atoms with Crippen LogP contribution in [-0.2, 0) is 6.54 Å². The number of hydrogen-bond donors (Lipinski definition) is 2. The molecule has 0 bridgehead atoms. The molecule has 1 aromatic carbocycles. The van der Waals surface area contributed by atoms with Crippen LogP contribution in [-0.4, -0.2) is 42.3 Å². The largest absolute Gasteiger partial charge is 0.395 e. The molecule has 0 aliphatic carbocycles. The Morgan fingerprint density at radius 2 is 2.38 bits per heavy atom. The molecule has 2 rings (SSSR count). The standard InChI is InChI=1S/C12H17ClN2O/c13-11-3-1-2-10(6-11)8-15-5-4-14-7-12(15)9-16/h1-3,6,12,14,16H,4-5,7-9H2/t12-/m1/s1. The Morgan fingerprint density at radius 1 is 1.50 bits per heavy atom. The maximum absolute atomic E-state index is 9.29. The first kappa shape index (κ1) is 11.9. The zero-order valence-corrected chi connectivity index (χ0v) is 9.95. The first-order valence-corrected chi connectivity index (χ1v) is 5.97. The minimum atomic E-state index is 0.202. The Bertz CT molecular complexity index is 346. The maximum atomic E-state index is 9.29. The Kier molecular flexibility index (Phi) is 4.18. The monoisotopic (exact) mass is 240 g/mol. The molecule has 0 radical (unpaired) electrons. The number of aliphatic hydroxyl groups is 1. The van der Waals surface area contributed by atoms with Gasteiger partial charge in [0.25, 0.3) is 0 Å². The van der Waals surface area contributed by atoms with Gasteiger partial charge in [-0.3, -0.25) is 4.90 Å². The van der Waals surface area contributed by atoms with Crippen LogP contribution in [0.1, 0.15) is 5.56 Å². The van der Waals surface area contributed by atoms with E-state index in [1.807, 2.05) is 18.2 Å². The molecule has 1 heterocycles. The summed E-state index contributed by atoms with van der Waals surface area (Å²) in [4.78, 5) is 2.29. The van der Waals surface area contributed by atoms with Gasteiger partial charge in [0, 0.05) is 37.2 Å². The van der Waals surface area contributed by atoms with Crippen LogP contribution >= 0.6 is 11.6 Å². The summed E-state index contributed by atoms with van der Waals surface area (Å²) in [5, 5.41) is 13.3. The van der Waals surface area contributed by atoms with E-state index >= 15 is 0 Å². The highest BCUT2D eigenvalue weighted by Gasteiger charge is 2.21. The van der Waals surface area contributed by atoms with E-state index in [1.54, 1.807) is 0 Å². The summed E-state index contributed by atoms with van der Waals surface area (Å²) < 4.78 is 0. The van der Waals surface area contributed by atoms with Gasteiger partial charge in [-0.15, -0.1) is 0 Å². The van der Waals surface area contributed by atoms with E-state index in [0.717, 1.165) is 31.2 Å². The van der Waals surface area contributed by atoms with Gasteiger partial charge in [-0.1, -0.05) is 23.7 Å². The molecule has 0 saturated carbocycles. The van der Waals surface area contributed by atoms with Crippen LogP contribution in [0.2, 0.25) is 5.02 Å². The highest BCUT2D eigenvalue weighted by atomic mass is 35.5. The molecule has 2 N–H and O–H groups in total. The fraction of sp³-hybridized carbons (Fsp3) is 0.500. The maximum Gasteiger partial charge on any atom is 0.0599 e. The third-order valence-corrected chi connectivity index (χ3v) is 3.19. The fourth-order valence-electron chi connectivity index (χ4n) is 2.06. The van der Waals surface area contributed by atoms with Crippen molar-refractivity contribution in [3.05, 3.63) is 34.9 Å². The van der Waals surface area contributed by atoms with Crippen LogP contribution in [0.3, 0.4) is 0 Å². The van der Waals surface area contributed by atoms with E-state index in [2.05, 4.69) is 16.3 Å². The molecule has 3 nitrogen and oxygen atoms in total. The molecule has 1 fully saturated rings. The number of rotatable bonds is 3. The molecule has 0 amide bonds. The lowest BCUT2D eigenvalue weighted by atomic mass is 10.1. The number of halogens is 1. The molecular weight excluding hydrogens is 224 g/mol. The van der Waals surface area contributed by atoms with Crippen LogP contribution in [0, 0.1) is 0 Å². The minimum absolute atomic E-state index is 0.202. The second kappa shape index (κ2) is 5.64. The molecule has 1 aromatic rings. The summed E-state index contributed by atoms with van der Waals surface area (Å²) in [6.45, 7) is 3.87. The molecular formula is C12H17ClN2O. The number of benzene rings is 1. The van der Waals surface area contributed by atoms with Crippen LogP contribution < -0.4 is 5.32 Å². The number of piperazine rings is 1. The zero-order valence-electron chi connectivity index (χ0n) is 9.19. The van der Waals surface area contributed by atoms with E-state index < -0.39 is 0 Å². The average Bonchev–Trinajstić information content (AvgIpc) is 2.30. The van der Waals surface area contributed by atoms with Crippen molar-refractivity contribution in [2.45, 2.75) is 12.6 Å². The summed E-state index contributed by atoms with van der Waals surface area (Å²) in [6.07, 6.45) is 0. The third kappa shape index (κ3) is 2.95. The number of aliphatic hydroxyl groups excluding tert-OH is 1. The van der Waals surface area contributed by atoms with Crippen molar-refractivity contribution in [3.8, 4) is 0 Å². The van der Waals surface area contributed by atoms with Crippen LogP contribution in [0.4, 0.5) is 0 Å². The van der Waals surface area contributed by atoms with Crippen molar-refractivity contribution in [3.63, 3.8) is 0 Å². The lowest BCUT2D eigenvalue weighted by molar-refractivity contribution is 0.0946. The number of nitrogens with zero attached hydrogens (tertiary/aromatic N) is 1. The van der Waals surface area contributed by atoms with Crippen molar-refractivity contribution in [2.75, 3.05) is 26.2 Å². The first-order valence-electron chi connectivity index (χ1n) is 5.59. The highest BCUT2D eigenvalue weighted by molar-refractivity contribution is 6.30. The second-order valence-electron chi connectivity index (χ2n) is 4.14.